The third kappa shape index (κ3) is 10.2. The van der Waals surface area contributed by atoms with Crippen molar-refractivity contribution in [3.05, 3.63) is 106 Å². The predicted molar refractivity (Wildman–Crippen MR) is 157 cm³/mol. The third-order valence-corrected chi connectivity index (χ3v) is 5.91. The summed E-state index contributed by atoms with van der Waals surface area (Å²) in [6, 6.07) is 23.3. The molecule has 37 heavy (non-hydrogen) atoms. The molecule has 0 aliphatic carbocycles. The molecule has 0 spiro atoms. The van der Waals surface area contributed by atoms with E-state index in [1.54, 1.807) is 12.1 Å². The largest absolute Gasteiger partial charge is 0.338 e. The van der Waals surface area contributed by atoms with Crippen LogP contribution in [0.15, 0.2) is 89.0 Å². The van der Waals surface area contributed by atoms with Gasteiger partial charge in [-0.1, -0.05) is 73.2 Å². The number of nitroso groups, excluding NO2 is 1. The van der Waals surface area contributed by atoms with E-state index in [2.05, 4.69) is 58.1 Å². The molecule has 0 aliphatic heterocycles. The summed E-state index contributed by atoms with van der Waals surface area (Å²) in [6.45, 7) is 8.73. The number of aryl methyl sites for hydroxylation is 3. The highest BCUT2D eigenvalue weighted by Crippen LogP contribution is 2.20. The van der Waals surface area contributed by atoms with Gasteiger partial charge in [-0.3, -0.25) is 4.99 Å². The Morgan fingerprint density at radius 1 is 0.892 bits per heavy atom. The molecule has 6 nitrogen and oxygen atoms in total. The molecule has 2 N–H and O–H groups in total. The zero-order valence-electron chi connectivity index (χ0n) is 22.5. The van der Waals surface area contributed by atoms with E-state index in [0.717, 1.165) is 47.4 Å². The van der Waals surface area contributed by atoms with Crippen molar-refractivity contribution in [3.8, 4) is 0 Å². The summed E-state index contributed by atoms with van der Waals surface area (Å²) in [5.41, 5.74) is 8.21. The fourth-order valence-electron chi connectivity index (χ4n) is 3.74. The van der Waals surface area contributed by atoms with Gasteiger partial charge < -0.3 is 10.6 Å². The number of anilines is 1. The maximum absolute atomic E-state index is 12.2. The second-order valence-corrected chi connectivity index (χ2v) is 8.78. The van der Waals surface area contributed by atoms with Crippen molar-refractivity contribution >= 4 is 28.7 Å². The zero-order chi connectivity index (χ0) is 27.0. The fraction of sp³-hybridized carbons (Fsp3) is 0.290. The Balaban J connectivity index is 0.000000449. The summed E-state index contributed by atoms with van der Waals surface area (Å²) >= 11 is 0. The van der Waals surface area contributed by atoms with E-state index in [9.17, 15) is 9.70 Å². The average Bonchev–Trinajstić information content (AvgIpc) is 2.92. The lowest BCUT2D eigenvalue weighted by Crippen LogP contribution is -2.30. The molecule has 0 saturated heterocycles. The lowest BCUT2D eigenvalue weighted by molar-refractivity contribution is 0.252. The summed E-state index contributed by atoms with van der Waals surface area (Å²) in [6.07, 6.45) is 4.80. The number of allylic oxidation sites excluding steroid dienone is 2. The van der Waals surface area contributed by atoms with Crippen LogP contribution in [-0.4, -0.2) is 25.3 Å². The molecule has 3 aromatic rings. The van der Waals surface area contributed by atoms with E-state index in [1.165, 1.54) is 11.1 Å². The van der Waals surface area contributed by atoms with E-state index < -0.39 is 0 Å². The summed E-state index contributed by atoms with van der Waals surface area (Å²) in [5.74, 6) is 0. The number of aliphatic imine (C=N–C) groups is 1. The van der Waals surface area contributed by atoms with Crippen LogP contribution in [0, 0.1) is 25.7 Å². The molecule has 6 heteroatoms. The Morgan fingerprint density at radius 2 is 1.54 bits per heavy atom. The Kier molecular flexibility index (Phi) is 12.5. The molecule has 0 atom stereocenters. The van der Waals surface area contributed by atoms with Crippen LogP contribution in [-0.2, 0) is 0 Å². The molecular formula is C31H38N4O2. The summed E-state index contributed by atoms with van der Waals surface area (Å²) in [7, 11) is 1.82. The van der Waals surface area contributed by atoms with Crippen molar-refractivity contribution in [2.75, 3.05) is 18.9 Å². The minimum atomic E-state index is -0.165. The highest BCUT2D eigenvalue weighted by molar-refractivity contribution is 6.00. The quantitative estimate of drug-likeness (QED) is 0.177. The highest BCUT2D eigenvalue weighted by atomic mass is 16.3. The Morgan fingerprint density at radius 3 is 2.11 bits per heavy atom. The molecule has 2 amide bonds. The number of hydrogen-bond acceptors (Lipinski definition) is 4. The molecule has 0 aliphatic rings. The molecule has 0 saturated carbocycles. The number of rotatable bonds is 9. The number of carbonyl (C=O) groups excluding carboxylic acids is 1. The van der Waals surface area contributed by atoms with Crippen molar-refractivity contribution in [1.29, 1.82) is 0 Å². The SMILES string of the molecule is CC/C(=C\C(CCCNC(=O)Nc1c(C)cccc1C)=NC)c1ccccc1.Cc1ccc(N=O)cc1. The van der Waals surface area contributed by atoms with Crippen LogP contribution in [0.25, 0.3) is 5.57 Å². The molecule has 0 aromatic heterocycles. The summed E-state index contributed by atoms with van der Waals surface area (Å²) < 4.78 is 0. The molecule has 0 radical (unpaired) electrons. The molecule has 0 heterocycles. The van der Waals surface area contributed by atoms with Crippen LogP contribution >= 0.6 is 0 Å². The van der Waals surface area contributed by atoms with E-state index >= 15 is 0 Å². The van der Waals surface area contributed by atoms with Crippen LogP contribution in [0.3, 0.4) is 0 Å². The lowest BCUT2D eigenvalue weighted by Gasteiger charge is -2.12. The highest BCUT2D eigenvalue weighted by Gasteiger charge is 2.07. The van der Waals surface area contributed by atoms with Gasteiger partial charge in [-0.2, -0.15) is 0 Å². The second kappa shape index (κ2) is 15.8. The lowest BCUT2D eigenvalue weighted by atomic mass is 10.0. The van der Waals surface area contributed by atoms with Crippen molar-refractivity contribution in [2.24, 2.45) is 10.2 Å². The Bertz CT molecular complexity index is 1180. The molecule has 3 rings (SSSR count). The zero-order valence-corrected chi connectivity index (χ0v) is 22.5. The molecule has 0 unspecified atom stereocenters. The van der Waals surface area contributed by atoms with Gasteiger partial charge >= 0.3 is 6.03 Å². The van der Waals surface area contributed by atoms with E-state index in [0.29, 0.717) is 12.2 Å². The van der Waals surface area contributed by atoms with Gasteiger partial charge in [0, 0.05) is 25.0 Å². The van der Waals surface area contributed by atoms with Crippen molar-refractivity contribution in [3.63, 3.8) is 0 Å². The topological polar surface area (TPSA) is 82.9 Å². The average molecular weight is 499 g/mol. The first kappa shape index (κ1) is 29.2. The number of urea groups is 1. The van der Waals surface area contributed by atoms with Crippen molar-refractivity contribution < 1.29 is 4.79 Å². The standard InChI is InChI=1S/C24H31N3O.C7H7NO/c1-5-20(21-13-7-6-8-14-21)17-22(25-4)15-10-16-26-24(28)27-23-18(2)11-9-12-19(23)3;1-6-2-4-7(8-9)5-3-6/h6-9,11-14,17H,5,10,15-16H2,1-4H3,(H2,26,27,28);2-5H,1H3/b20-17+,25-22?;. The van der Waals surface area contributed by atoms with E-state index in [4.69, 9.17) is 0 Å². The molecule has 0 fully saturated rings. The van der Waals surface area contributed by atoms with Gasteiger partial charge in [-0.05, 0) is 85.7 Å². The van der Waals surface area contributed by atoms with Gasteiger partial charge in [0.25, 0.3) is 0 Å². The number of amides is 2. The Hall–Kier alpha value is -4.06. The van der Waals surface area contributed by atoms with Crippen LogP contribution in [0.5, 0.6) is 0 Å². The van der Waals surface area contributed by atoms with E-state index in [1.807, 2.05) is 64.2 Å². The first-order chi connectivity index (χ1) is 17.9. The molecule has 3 aromatic carbocycles. The van der Waals surface area contributed by atoms with Crippen LogP contribution in [0.4, 0.5) is 16.2 Å². The first-order valence-electron chi connectivity index (χ1n) is 12.6. The fourth-order valence-corrected chi connectivity index (χ4v) is 3.74. The number of benzene rings is 3. The minimum Gasteiger partial charge on any atom is -0.338 e. The second-order valence-electron chi connectivity index (χ2n) is 8.78. The van der Waals surface area contributed by atoms with Crippen LogP contribution in [0.1, 0.15) is 48.4 Å². The van der Waals surface area contributed by atoms with Gasteiger partial charge in [0.05, 0.1) is 0 Å². The first-order valence-corrected chi connectivity index (χ1v) is 12.6. The van der Waals surface area contributed by atoms with Gasteiger partial charge in [-0.15, -0.1) is 4.91 Å². The van der Waals surface area contributed by atoms with Crippen molar-refractivity contribution in [1.82, 2.24) is 5.32 Å². The number of nitrogens with zero attached hydrogens (tertiary/aromatic N) is 2. The molecule has 0 bridgehead atoms. The summed E-state index contributed by atoms with van der Waals surface area (Å²) in [4.78, 5) is 26.5. The van der Waals surface area contributed by atoms with Crippen molar-refractivity contribution in [2.45, 2.75) is 47.0 Å². The normalized spacial score (nSPS) is 11.3. The van der Waals surface area contributed by atoms with Crippen LogP contribution in [0.2, 0.25) is 0 Å². The number of para-hydroxylation sites is 1. The monoisotopic (exact) mass is 498 g/mol. The number of nitrogens with one attached hydrogen (secondary N) is 2. The Labute approximate surface area is 220 Å². The van der Waals surface area contributed by atoms with Crippen LogP contribution < -0.4 is 10.6 Å². The minimum absolute atomic E-state index is 0.165. The van der Waals surface area contributed by atoms with Gasteiger partial charge in [0.1, 0.15) is 5.69 Å². The molecular weight excluding hydrogens is 460 g/mol. The summed E-state index contributed by atoms with van der Waals surface area (Å²) in [5, 5.41) is 8.65. The predicted octanol–water partition coefficient (Wildman–Crippen LogP) is 8.16. The molecule has 194 valence electrons. The maximum Gasteiger partial charge on any atom is 0.319 e. The number of hydrogen-bond donors (Lipinski definition) is 2. The van der Waals surface area contributed by atoms with Gasteiger partial charge in [-0.25, -0.2) is 4.79 Å². The van der Waals surface area contributed by atoms with Gasteiger partial charge in [0.2, 0.25) is 0 Å². The third-order valence-electron chi connectivity index (χ3n) is 5.91. The number of carbonyl (C=O) groups is 1. The van der Waals surface area contributed by atoms with Gasteiger partial charge in [0.15, 0.2) is 0 Å². The van der Waals surface area contributed by atoms with E-state index in [-0.39, 0.29) is 6.03 Å². The smallest absolute Gasteiger partial charge is 0.319 e. The maximum atomic E-state index is 12.2.